The van der Waals surface area contributed by atoms with E-state index in [2.05, 4.69) is 34.3 Å². The van der Waals surface area contributed by atoms with Crippen molar-refractivity contribution in [2.75, 3.05) is 24.2 Å². The largest absolute Gasteiger partial charge is 0.357 e. The average Bonchev–Trinajstić information content (AvgIpc) is 2.82. The molecule has 1 heterocycles. The second-order valence-electron chi connectivity index (χ2n) is 3.53. The Bertz CT molecular complexity index is 381. The molecule has 2 N–H and O–H groups in total. The van der Waals surface area contributed by atoms with Crippen molar-refractivity contribution in [1.82, 2.24) is 15.5 Å². The second kappa shape index (κ2) is 8.93. The highest BCUT2D eigenvalue weighted by Gasteiger charge is 2.07. The molecule has 0 bridgehead atoms. The van der Waals surface area contributed by atoms with Crippen LogP contribution in [0.5, 0.6) is 0 Å². The highest BCUT2D eigenvalue weighted by atomic mass is 32.2. The van der Waals surface area contributed by atoms with Crippen molar-refractivity contribution in [1.29, 1.82) is 0 Å². The molecule has 18 heavy (non-hydrogen) atoms. The van der Waals surface area contributed by atoms with Crippen LogP contribution < -0.4 is 10.6 Å². The summed E-state index contributed by atoms with van der Waals surface area (Å²) >= 11 is 2.85. The van der Waals surface area contributed by atoms with Crippen molar-refractivity contribution in [3.63, 3.8) is 0 Å². The maximum absolute atomic E-state index is 11.5. The van der Waals surface area contributed by atoms with Crippen molar-refractivity contribution >= 4 is 34.1 Å². The fourth-order valence-corrected chi connectivity index (χ4v) is 2.67. The smallest absolute Gasteiger partial charge is 0.230 e. The highest BCUT2D eigenvalue weighted by Crippen LogP contribution is 2.24. The topological polar surface area (TPSA) is 66.9 Å². The summed E-state index contributed by atoms with van der Waals surface area (Å²) in [4.78, 5) is 11.5. The molecule has 0 spiro atoms. The molecule has 0 unspecified atom stereocenters. The van der Waals surface area contributed by atoms with Gasteiger partial charge < -0.3 is 10.6 Å². The lowest BCUT2D eigenvalue weighted by molar-refractivity contribution is -0.118. The highest BCUT2D eigenvalue weighted by molar-refractivity contribution is 8.01. The number of carbonyl (C=O) groups excluding carboxylic acids is 1. The molecule has 0 aromatic carbocycles. The predicted octanol–water partition coefficient (Wildman–Crippen LogP) is 2.14. The van der Waals surface area contributed by atoms with Gasteiger partial charge >= 0.3 is 0 Å². The van der Waals surface area contributed by atoms with Crippen LogP contribution in [-0.2, 0) is 4.79 Å². The third kappa shape index (κ3) is 6.02. The number of amides is 1. The first-order valence-corrected chi connectivity index (χ1v) is 7.64. The summed E-state index contributed by atoms with van der Waals surface area (Å²) in [6.07, 6.45) is 3.86. The number of unbranched alkanes of at least 4 members (excludes halogenated alkanes) is 1. The molecular weight excluding hydrogens is 268 g/mol. The first-order valence-electron chi connectivity index (χ1n) is 5.84. The van der Waals surface area contributed by atoms with Crippen molar-refractivity contribution < 1.29 is 4.79 Å². The van der Waals surface area contributed by atoms with Crippen LogP contribution in [0.15, 0.2) is 17.0 Å². The number of hydrogen-bond acceptors (Lipinski definition) is 6. The van der Waals surface area contributed by atoms with Crippen molar-refractivity contribution in [2.24, 2.45) is 0 Å². The van der Waals surface area contributed by atoms with Gasteiger partial charge in [-0.1, -0.05) is 42.5 Å². The van der Waals surface area contributed by atoms with Gasteiger partial charge in [0.1, 0.15) is 0 Å². The number of rotatable bonds is 9. The standard InChI is InChI=1S/C11H18N4OS2/c1-3-5-7-12-9(16)8-17-11-15-14-10(18-11)13-6-4-2/h4H,2-3,5-8H2,1H3,(H,12,16)(H,13,14). The van der Waals surface area contributed by atoms with Gasteiger partial charge in [-0.15, -0.1) is 16.8 Å². The molecule has 0 atom stereocenters. The Balaban J connectivity index is 2.23. The molecule has 0 fully saturated rings. The van der Waals surface area contributed by atoms with Crippen LogP contribution in [0.3, 0.4) is 0 Å². The Morgan fingerprint density at radius 1 is 1.56 bits per heavy atom. The van der Waals surface area contributed by atoms with Crippen molar-refractivity contribution in [2.45, 2.75) is 24.1 Å². The summed E-state index contributed by atoms with van der Waals surface area (Å²) in [5.41, 5.74) is 0. The molecule has 0 saturated carbocycles. The van der Waals surface area contributed by atoms with Crippen LogP contribution in [0.1, 0.15) is 19.8 Å². The monoisotopic (exact) mass is 286 g/mol. The molecule has 100 valence electrons. The third-order valence-corrected chi connectivity index (χ3v) is 4.00. The summed E-state index contributed by atoms with van der Waals surface area (Å²) in [5.74, 6) is 0.434. The minimum absolute atomic E-state index is 0.0456. The van der Waals surface area contributed by atoms with E-state index in [4.69, 9.17) is 0 Å². The van der Waals surface area contributed by atoms with E-state index in [1.807, 2.05) is 0 Å². The van der Waals surface area contributed by atoms with Gasteiger partial charge in [0.2, 0.25) is 11.0 Å². The Labute approximate surface area is 115 Å². The third-order valence-electron chi connectivity index (χ3n) is 1.98. The minimum atomic E-state index is 0.0456. The molecule has 7 heteroatoms. The zero-order valence-corrected chi connectivity index (χ0v) is 12.1. The molecule has 5 nitrogen and oxygen atoms in total. The van der Waals surface area contributed by atoms with Gasteiger partial charge in [0, 0.05) is 13.1 Å². The van der Waals surface area contributed by atoms with Gasteiger partial charge in [-0.3, -0.25) is 4.79 Å². The number of nitrogens with zero attached hydrogens (tertiary/aromatic N) is 2. The Hall–Kier alpha value is -1.08. The summed E-state index contributed by atoms with van der Waals surface area (Å²) in [7, 11) is 0. The SMILES string of the molecule is C=CCNc1nnc(SCC(=O)NCCCC)s1. The maximum atomic E-state index is 11.5. The summed E-state index contributed by atoms with van der Waals surface area (Å²) < 4.78 is 0.798. The van der Waals surface area contributed by atoms with Crippen molar-refractivity contribution in [3.8, 4) is 0 Å². The second-order valence-corrected chi connectivity index (χ2v) is 5.73. The Kier molecular flexibility index (Phi) is 7.43. The van der Waals surface area contributed by atoms with Gasteiger partial charge in [0.05, 0.1) is 5.75 Å². The van der Waals surface area contributed by atoms with Gasteiger partial charge in [0.15, 0.2) is 4.34 Å². The van der Waals surface area contributed by atoms with E-state index >= 15 is 0 Å². The fourth-order valence-electron chi connectivity index (χ4n) is 1.08. The van der Waals surface area contributed by atoms with E-state index in [9.17, 15) is 4.79 Å². The number of aromatic nitrogens is 2. The average molecular weight is 286 g/mol. The Morgan fingerprint density at radius 3 is 3.11 bits per heavy atom. The van der Waals surface area contributed by atoms with Crippen LogP contribution in [-0.4, -0.2) is 34.9 Å². The number of nitrogens with one attached hydrogen (secondary N) is 2. The number of carbonyl (C=O) groups is 1. The predicted molar refractivity (Wildman–Crippen MR) is 77.2 cm³/mol. The van der Waals surface area contributed by atoms with E-state index in [1.165, 1.54) is 23.1 Å². The number of thioether (sulfide) groups is 1. The Morgan fingerprint density at radius 2 is 2.39 bits per heavy atom. The molecule has 0 aliphatic heterocycles. The van der Waals surface area contributed by atoms with Crippen LogP contribution in [0.25, 0.3) is 0 Å². The first-order chi connectivity index (χ1) is 8.76. The first kappa shape index (κ1) is 15.0. The van der Waals surface area contributed by atoms with Crippen LogP contribution >= 0.6 is 23.1 Å². The molecule has 0 aliphatic carbocycles. The molecule has 1 aromatic rings. The van der Waals surface area contributed by atoms with Crippen molar-refractivity contribution in [3.05, 3.63) is 12.7 Å². The summed E-state index contributed by atoms with van der Waals surface area (Å²) in [6.45, 7) is 7.12. The van der Waals surface area contributed by atoms with E-state index < -0.39 is 0 Å². The maximum Gasteiger partial charge on any atom is 0.230 e. The quantitative estimate of drug-likeness (QED) is 0.413. The van der Waals surface area contributed by atoms with Gasteiger partial charge in [-0.25, -0.2) is 0 Å². The molecular formula is C11H18N4OS2. The number of hydrogen-bond donors (Lipinski definition) is 2. The molecule has 0 radical (unpaired) electrons. The van der Waals surface area contributed by atoms with E-state index in [1.54, 1.807) is 6.08 Å². The van der Waals surface area contributed by atoms with E-state index in [0.29, 0.717) is 12.3 Å². The van der Waals surface area contributed by atoms with Crippen LogP contribution in [0.4, 0.5) is 5.13 Å². The molecule has 1 amide bonds. The van der Waals surface area contributed by atoms with Gasteiger partial charge in [0.25, 0.3) is 0 Å². The van der Waals surface area contributed by atoms with E-state index in [-0.39, 0.29) is 5.91 Å². The fraction of sp³-hybridized carbons (Fsp3) is 0.545. The molecule has 1 rings (SSSR count). The lowest BCUT2D eigenvalue weighted by Crippen LogP contribution is -2.25. The van der Waals surface area contributed by atoms with Gasteiger partial charge in [-0.2, -0.15) is 0 Å². The minimum Gasteiger partial charge on any atom is -0.357 e. The summed E-state index contributed by atoms with van der Waals surface area (Å²) in [6, 6.07) is 0. The van der Waals surface area contributed by atoms with Crippen LogP contribution in [0, 0.1) is 0 Å². The van der Waals surface area contributed by atoms with E-state index in [0.717, 1.165) is 28.9 Å². The zero-order valence-electron chi connectivity index (χ0n) is 10.4. The zero-order chi connectivity index (χ0) is 13.2. The molecule has 0 aliphatic rings. The van der Waals surface area contributed by atoms with Crippen LogP contribution in [0.2, 0.25) is 0 Å². The summed E-state index contributed by atoms with van der Waals surface area (Å²) in [5, 5.41) is 14.6. The lowest BCUT2D eigenvalue weighted by Gasteiger charge is -2.01. The number of anilines is 1. The molecule has 1 aromatic heterocycles. The normalized spacial score (nSPS) is 10.1. The van der Waals surface area contributed by atoms with Gasteiger partial charge in [-0.05, 0) is 6.42 Å². The lowest BCUT2D eigenvalue weighted by atomic mass is 10.3. The molecule has 0 saturated heterocycles.